The molecule has 0 atom stereocenters. The van der Waals surface area contributed by atoms with Gasteiger partial charge in [-0.05, 0) is 30.9 Å². The molecule has 0 bridgehead atoms. The Morgan fingerprint density at radius 2 is 2.04 bits per heavy atom. The summed E-state index contributed by atoms with van der Waals surface area (Å²) in [6, 6.07) is 10.5. The molecule has 3 rings (SSSR count). The van der Waals surface area contributed by atoms with Crippen LogP contribution in [0.25, 0.3) is 0 Å². The van der Waals surface area contributed by atoms with E-state index in [-0.39, 0.29) is 11.9 Å². The number of rotatable bonds is 6. The van der Waals surface area contributed by atoms with E-state index in [1.165, 1.54) is 23.8 Å². The number of nitrogens with zero attached hydrogens (tertiary/aromatic N) is 1. The lowest BCUT2D eigenvalue weighted by Gasteiger charge is -2.27. The fraction of sp³-hybridized carbons (Fsp3) is 0.400. The smallest absolute Gasteiger partial charge is 0.341 e. The fourth-order valence-electron chi connectivity index (χ4n) is 3.25. The monoisotopic (exact) mass is 372 g/mol. The van der Waals surface area contributed by atoms with Crippen LogP contribution in [0.3, 0.4) is 0 Å². The van der Waals surface area contributed by atoms with Crippen LogP contribution in [0.2, 0.25) is 0 Å². The third-order valence-electron chi connectivity index (χ3n) is 4.46. The van der Waals surface area contributed by atoms with Crippen molar-refractivity contribution in [3.05, 3.63) is 51.9 Å². The van der Waals surface area contributed by atoms with Crippen molar-refractivity contribution in [3.63, 3.8) is 0 Å². The highest BCUT2D eigenvalue weighted by Crippen LogP contribution is 2.37. The number of benzene rings is 1. The van der Waals surface area contributed by atoms with Crippen molar-refractivity contribution in [1.82, 2.24) is 4.90 Å². The van der Waals surface area contributed by atoms with Gasteiger partial charge in [-0.1, -0.05) is 30.3 Å². The summed E-state index contributed by atoms with van der Waals surface area (Å²) in [5.74, 6) is -0.512. The Bertz CT molecular complexity index is 786. The Morgan fingerprint density at radius 1 is 1.27 bits per heavy atom. The SMILES string of the molecule is CCOC(=O)c1c(NC(C)=O)sc2c1CCN(CCc1ccccc1)C2. The average Bonchev–Trinajstić information content (AvgIpc) is 2.97. The molecule has 1 aromatic carbocycles. The zero-order chi connectivity index (χ0) is 18.5. The van der Waals surface area contributed by atoms with Crippen LogP contribution in [0.1, 0.15) is 40.2 Å². The fourth-order valence-corrected chi connectivity index (χ4v) is 4.57. The third-order valence-corrected chi connectivity index (χ3v) is 5.60. The molecule has 1 aliphatic rings. The number of nitrogens with one attached hydrogen (secondary N) is 1. The van der Waals surface area contributed by atoms with Gasteiger partial charge in [-0.3, -0.25) is 9.69 Å². The van der Waals surface area contributed by atoms with Crippen LogP contribution in [-0.4, -0.2) is 36.5 Å². The molecule has 0 aliphatic carbocycles. The summed E-state index contributed by atoms with van der Waals surface area (Å²) < 4.78 is 5.21. The molecule has 0 spiro atoms. The van der Waals surface area contributed by atoms with Gasteiger partial charge in [0, 0.05) is 31.4 Å². The summed E-state index contributed by atoms with van der Waals surface area (Å²) in [5.41, 5.74) is 2.91. The lowest BCUT2D eigenvalue weighted by molar-refractivity contribution is -0.114. The minimum absolute atomic E-state index is 0.171. The summed E-state index contributed by atoms with van der Waals surface area (Å²) in [5, 5.41) is 3.42. The van der Waals surface area contributed by atoms with E-state index in [9.17, 15) is 9.59 Å². The third kappa shape index (κ3) is 4.31. The molecule has 2 heterocycles. The molecule has 138 valence electrons. The highest BCUT2D eigenvalue weighted by Gasteiger charge is 2.29. The number of esters is 1. The van der Waals surface area contributed by atoms with E-state index in [1.807, 2.05) is 6.07 Å². The molecule has 0 saturated carbocycles. The number of carbonyl (C=O) groups is 2. The van der Waals surface area contributed by atoms with Gasteiger partial charge in [0.05, 0.1) is 12.2 Å². The minimum atomic E-state index is -0.341. The van der Waals surface area contributed by atoms with E-state index in [0.29, 0.717) is 17.2 Å². The van der Waals surface area contributed by atoms with Gasteiger partial charge in [0.2, 0.25) is 5.91 Å². The molecule has 5 nitrogen and oxygen atoms in total. The molecule has 0 radical (unpaired) electrons. The van der Waals surface area contributed by atoms with Crippen molar-refractivity contribution in [1.29, 1.82) is 0 Å². The number of anilines is 1. The second-order valence-corrected chi connectivity index (χ2v) is 7.48. The van der Waals surface area contributed by atoms with E-state index in [0.717, 1.165) is 42.9 Å². The van der Waals surface area contributed by atoms with Crippen LogP contribution < -0.4 is 5.32 Å². The summed E-state index contributed by atoms with van der Waals surface area (Å²) in [6.07, 6.45) is 1.80. The molecular formula is C20H24N2O3S. The molecule has 0 fully saturated rings. The molecule has 1 amide bonds. The molecule has 0 unspecified atom stereocenters. The van der Waals surface area contributed by atoms with Crippen molar-refractivity contribution in [2.75, 3.05) is 25.0 Å². The van der Waals surface area contributed by atoms with E-state index in [1.54, 1.807) is 6.92 Å². The quantitative estimate of drug-likeness (QED) is 0.789. The topological polar surface area (TPSA) is 58.6 Å². The first kappa shape index (κ1) is 18.6. The van der Waals surface area contributed by atoms with Crippen LogP contribution in [0.4, 0.5) is 5.00 Å². The Morgan fingerprint density at radius 3 is 2.73 bits per heavy atom. The van der Waals surface area contributed by atoms with Crippen LogP contribution in [0.15, 0.2) is 30.3 Å². The zero-order valence-electron chi connectivity index (χ0n) is 15.2. The standard InChI is InChI=1S/C20H24N2O3S/c1-3-25-20(24)18-16-10-12-22(11-9-15-7-5-4-6-8-15)13-17(16)26-19(18)21-14(2)23/h4-8H,3,9-13H2,1-2H3,(H,21,23). The van der Waals surface area contributed by atoms with Gasteiger partial charge in [0.25, 0.3) is 0 Å². The molecule has 26 heavy (non-hydrogen) atoms. The van der Waals surface area contributed by atoms with Gasteiger partial charge in [0.15, 0.2) is 0 Å². The Kier molecular flexibility index (Phi) is 6.06. The van der Waals surface area contributed by atoms with Crippen molar-refractivity contribution in [2.45, 2.75) is 33.2 Å². The van der Waals surface area contributed by atoms with Gasteiger partial charge >= 0.3 is 5.97 Å². The van der Waals surface area contributed by atoms with E-state index in [2.05, 4.69) is 34.5 Å². The second-order valence-electron chi connectivity index (χ2n) is 6.37. The maximum Gasteiger partial charge on any atom is 0.341 e. The minimum Gasteiger partial charge on any atom is -0.462 e. The first-order valence-electron chi connectivity index (χ1n) is 8.94. The second kappa shape index (κ2) is 8.47. The summed E-state index contributed by atoms with van der Waals surface area (Å²) in [7, 11) is 0. The number of carbonyl (C=O) groups excluding carboxylic acids is 2. The van der Waals surface area contributed by atoms with E-state index in [4.69, 9.17) is 4.74 Å². The predicted octanol–water partition coefficient (Wildman–Crippen LogP) is 3.48. The Balaban J connectivity index is 1.75. The predicted molar refractivity (Wildman–Crippen MR) is 104 cm³/mol. The van der Waals surface area contributed by atoms with Crippen molar-refractivity contribution < 1.29 is 14.3 Å². The average molecular weight is 372 g/mol. The van der Waals surface area contributed by atoms with Gasteiger partial charge in [-0.15, -0.1) is 11.3 Å². The lowest BCUT2D eigenvalue weighted by atomic mass is 10.0. The number of amides is 1. The summed E-state index contributed by atoms with van der Waals surface area (Å²) >= 11 is 1.50. The number of thiophene rings is 1. The molecule has 1 aliphatic heterocycles. The Labute approximate surface area is 158 Å². The van der Waals surface area contributed by atoms with Crippen LogP contribution in [0.5, 0.6) is 0 Å². The first-order valence-corrected chi connectivity index (χ1v) is 9.75. The molecule has 1 N–H and O–H groups in total. The lowest BCUT2D eigenvalue weighted by Crippen LogP contribution is -2.32. The highest BCUT2D eigenvalue weighted by atomic mass is 32.1. The number of hydrogen-bond acceptors (Lipinski definition) is 5. The number of hydrogen-bond donors (Lipinski definition) is 1. The maximum absolute atomic E-state index is 12.4. The van der Waals surface area contributed by atoms with Gasteiger partial charge in [-0.2, -0.15) is 0 Å². The van der Waals surface area contributed by atoms with Gasteiger partial charge < -0.3 is 10.1 Å². The van der Waals surface area contributed by atoms with E-state index < -0.39 is 0 Å². The van der Waals surface area contributed by atoms with Crippen molar-refractivity contribution in [3.8, 4) is 0 Å². The van der Waals surface area contributed by atoms with Gasteiger partial charge in [0.1, 0.15) is 5.00 Å². The van der Waals surface area contributed by atoms with Gasteiger partial charge in [-0.25, -0.2) is 4.79 Å². The molecule has 2 aromatic rings. The van der Waals surface area contributed by atoms with E-state index >= 15 is 0 Å². The van der Waals surface area contributed by atoms with Crippen LogP contribution >= 0.6 is 11.3 Å². The summed E-state index contributed by atoms with van der Waals surface area (Å²) in [4.78, 5) is 27.5. The van der Waals surface area contributed by atoms with Crippen molar-refractivity contribution >= 4 is 28.2 Å². The normalized spacial score (nSPS) is 13.9. The highest BCUT2D eigenvalue weighted by molar-refractivity contribution is 7.17. The van der Waals surface area contributed by atoms with Crippen LogP contribution in [0, 0.1) is 0 Å². The Hall–Kier alpha value is -2.18. The number of fused-ring (bicyclic) bond motifs is 1. The molecule has 0 saturated heterocycles. The maximum atomic E-state index is 12.4. The summed E-state index contributed by atoms with van der Waals surface area (Å²) in [6.45, 7) is 6.26. The molecular weight excluding hydrogens is 348 g/mol. The van der Waals surface area contributed by atoms with Crippen LogP contribution in [-0.2, 0) is 28.9 Å². The first-order chi connectivity index (χ1) is 12.6. The van der Waals surface area contributed by atoms with Crippen molar-refractivity contribution in [2.24, 2.45) is 0 Å². The largest absolute Gasteiger partial charge is 0.462 e. The zero-order valence-corrected chi connectivity index (χ0v) is 16.0. The molecule has 1 aromatic heterocycles. The molecule has 6 heteroatoms. The number of ether oxygens (including phenoxy) is 1.